The van der Waals surface area contributed by atoms with E-state index in [9.17, 15) is 4.79 Å². The Labute approximate surface area is 127 Å². The lowest BCUT2D eigenvalue weighted by Gasteiger charge is -2.42. The second kappa shape index (κ2) is 6.03. The largest absolute Gasteiger partial charge is 0.375 e. The lowest BCUT2D eigenvalue weighted by Crippen LogP contribution is -2.44. The Morgan fingerprint density at radius 1 is 1.50 bits per heavy atom. The fourth-order valence-electron chi connectivity index (χ4n) is 3.12. The van der Waals surface area contributed by atoms with Crippen molar-refractivity contribution in [3.8, 4) is 0 Å². The normalized spacial score (nSPS) is 25.7. The first kappa shape index (κ1) is 14.4. The van der Waals surface area contributed by atoms with E-state index in [0.717, 1.165) is 49.5 Å². The van der Waals surface area contributed by atoms with Crippen LogP contribution in [0.1, 0.15) is 31.4 Å². The van der Waals surface area contributed by atoms with E-state index in [0.29, 0.717) is 17.3 Å². The first-order valence-corrected chi connectivity index (χ1v) is 9.15. The number of carbonyl (C=O) groups excluding carboxylic acids is 1. The minimum Gasteiger partial charge on any atom is -0.375 e. The van der Waals surface area contributed by atoms with Crippen LogP contribution in [0.2, 0.25) is 0 Å². The molecule has 2 N–H and O–H groups in total. The van der Waals surface area contributed by atoms with E-state index in [2.05, 4.69) is 4.98 Å². The molecule has 2 aliphatic rings. The molecule has 2 fully saturated rings. The van der Waals surface area contributed by atoms with Crippen LogP contribution >= 0.6 is 23.1 Å². The number of Topliss-reactive ketones (excluding diaryl/α,β-unsaturated/α-hetero) is 1. The van der Waals surface area contributed by atoms with Crippen molar-refractivity contribution >= 4 is 34.0 Å². The van der Waals surface area contributed by atoms with Gasteiger partial charge in [0.15, 0.2) is 5.13 Å². The summed E-state index contributed by atoms with van der Waals surface area (Å²) in [5, 5.41) is 2.43. The molecule has 6 heteroatoms. The molecule has 1 aromatic rings. The fraction of sp³-hybridized carbons (Fsp3) is 0.714. The van der Waals surface area contributed by atoms with Crippen molar-refractivity contribution in [2.75, 3.05) is 23.8 Å². The van der Waals surface area contributed by atoms with Crippen LogP contribution in [0.15, 0.2) is 5.38 Å². The van der Waals surface area contributed by atoms with Crippen molar-refractivity contribution in [3.63, 3.8) is 0 Å². The van der Waals surface area contributed by atoms with Gasteiger partial charge in [-0.05, 0) is 37.2 Å². The molecule has 3 rings (SSSR count). The number of carbonyl (C=O) groups is 1. The monoisotopic (exact) mass is 312 g/mol. The molecule has 0 aromatic carbocycles. The summed E-state index contributed by atoms with van der Waals surface area (Å²) in [4.78, 5) is 16.7. The average Bonchev–Trinajstić information content (AvgIpc) is 2.85. The lowest BCUT2D eigenvalue weighted by atomic mass is 9.79. The van der Waals surface area contributed by atoms with Gasteiger partial charge in [0.1, 0.15) is 5.78 Å². The van der Waals surface area contributed by atoms with Gasteiger partial charge in [-0.3, -0.25) is 4.79 Å². The van der Waals surface area contributed by atoms with Gasteiger partial charge in [0.25, 0.3) is 0 Å². The first-order valence-electron chi connectivity index (χ1n) is 7.11. The van der Waals surface area contributed by atoms with Crippen molar-refractivity contribution in [2.45, 2.75) is 37.7 Å². The molecule has 2 saturated heterocycles. The van der Waals surface area contributed by atoms with E-state index in [1.165, 1.54) is 11.3 Å². The molecule has 0 radical (unpaired) electrons. The van der Waals surface area contributed by atoms with Gasteiger partial charge in [0.2, 0.25) is 0 Å². The van der Waals surface area contributed by atoms with Crippen LogP contribution in [0.5, 0.6) is 0 Å². The number of thiazole rings is 1. The highest BCUT2D eigenvalue weighted by atomic mass is 32.2. The van der Waals surface area contributed by atoms with Gasteiger partial charge in [-0.25, -0.2) is 4.98 Å². The number of rotatable bonds is 3. The zero-order valence-electron chi connectivity index (χ0n) is 11.5. The second-order valence-corrected chi connectivity index (χ2v) is 7.77. The van der Waals surface area contributed by atoms with Crippen LogP contribution in [-0.2, 0) is 16.0 Å². The number of ketones is 1. The van der Waals surface area contributed by atoms with Crippen LogP contribution in [-0.4, -0.2) is 34.5 Å². The third kappa shape index (κ3) is 3.18. The maximum Gasteiger partial charge on any atom is 0.180 e. The van der Waals surface area contributed by atoms with Crippen molar-refractivity contribution in [2.24, 2.45) is 5.92 Å². The third-order valence-corrected chi connectivity index (χ3v) is 5.99. The lowest BCUT2D eigenvalue weighted by molar-refractivity contribution is -0.137. The molecule has 0 aliphatic carbocycles. The number of nitrogens with two attached hydrogens (primary N) is 1. The van der Waals surface area contributed by atoms with Gasteiger partial charge in [-0.1, -0.05) is 0 Å². The summed E-state index contributed by atoms with van der Waals surface area (Å²) >= 11 is 3.39. The fourth-order valence-corrected chi connectivity index (χ4v) is 4.92. The molecule has 0 saturated carbocycles. The van der Waals surface area contributed by atoms with Crippen LogP contribution in [0.3, 0.4) is 0 Å². The molecule has 20 heavy (non-hydrogen) atoms. The minimum atomic E-state index is -0.0229. The third-order valence-electron chi connectivity index (χ3n) is 4.28. The SMILES string of the molecule is Nc1nc(CC(=O)C2CCOC3(CCSCC3)C2)cs1. The van der Waals surface area contributed by atoms with E-state index >= 15 is 0 Å². The molecule has 1 spiro atoms. The second-order valence-electron chi connectivity index (χ2n) is 5.65. The van der Waals surface area contributed by atoms with Crippen molar-refractivity contribution in [1.82, 2.24) is 4.98 Å². The molecule has 1 unspecified atom stereocenters. The summed E-state index contributed by atoms with van der Waals surface area (Å²) in [5.74, 6) is 2.75. The summed E-state index contributed by atoms with van der Waals surface area (Å²) in [6.07, 6.45) is 4.35. The molecule has 0 bridgehead atoms. The molecular formula is C14H20N2O2S2. The van der Waals surface area contributed by atoms with E-state index in [1.807, 2.05) is 17.1 Å². The Bertz CT molecular complexity index is 478. The van der Waals surface area contributed by atoms with Gasteiger partial charge in [-0.2, -0.15) is 11.8 Å². The zero-order valence-corrected chi connectivity index (χ0v) is 13.1. The van der Waals surface area contributed by atoms with Gasteiger partial charge in [-0.15, -0.1) is 11.3 Å². The number of hydrogen-bond donors (Lipinski definition) is 1. The van der Waals surface area contributed by atoms with Crippen molar-refractivity contribution < 1.29 is 9.53 Å². The highest BCUT2D eigenvalue weighted by Gasteiger charge is 2.40. The van der Waals surface area contributed by atoms with Gasteiger partial charge in [0, 0.05) is 24.3 Å². The quantitative estimate of drug-likeness (QED) is 0.929. The predicted octanol–water partition coefficient (Wildman–Crippen LogP) is 2.53. The highest BCUT2D eigenvalue weighted by molar-refractivity contribution is 7.99. The summed E-state index contributed by atoms with van der Waals surface area (Å²) in [7, 11) is 0. The number of nitrogens with zero attached hydrogens (tertiary/aromatic N) is 1. The van der Waals surface area contributed by atoms with Gasteiger partial charge in [0.05, 0.1) is 11.3 Å². The highest BCUT2D eigenvalue weighted by Crippen LogP contribution is 2.40. The Morgan fingerprint density at radius 3 is 3.00 bits per heavy atom. The van der Waals surface area contributed by atoms with E-state index in [-0.39, 0.29) is 11.5 Å². The van der Waals surface area contributed by atoms with E-state index in [1.54, 1.807) is 0 Å². The predicted molar refractivity (Wildman–Crippen MR) is 83.2 cm³/mol. The summed E-state index contributed by atoms with van der Waals surface area (Å²) in [6.45, 7) is 0.722. The molecule has 2 aliphatic heterocycles. The minimum absolute atomic E-state index is 0.0229. The molecule has 3 heterocycles. The van der Waals surface area contributed by atoms with Crippen molar-refractivity contribution in [1.29, 1.82) is 0 Å². The first-order chi connectivity index (χ1) is 9.67. The van der Waals surface area contributed by atoms with E-state index < -0.39 is 0 Å². The molecule has 0 amide bonds. The Hall–Kier alpha value is -0.590. The van der Waals surface area contributed by atoms with Crippen molar-refractivity contribution in [3.05, 3.63) is 11.1 Å². The van der Waals surface area contributed by atoms with Crippen LogP contribution < -0.4 is 5.73 Å². The number of thioether (sulfide) groups is 1. The summed E-state index contributed by atoms with van der Waals surface area (Å²) < 4.78 is 6.04. The Kier molecular flexibility index (Phi) is 4.33. The number of nitrogen functional groups attached to an aromatic ring is 1. The number of aromatic nitrogens is 1. The van der Waals surface area contributed by atoms with Gasteiger partial charge < -0.3 is 10.5 Å². The number of anilines is 1. The molecular weight excluding hydrogens is 292 g/mol. The molecule has 4 nitrogen and oxygen atoms in total. The molecule has 1 aromatic heterocycles. The molecule has 1 atom stereocenters. The van der Waals surface area contributed by atoms with Crippen LogP contribution in [0.25, 0.3) is 0 Å². The van der Waals surface area contributed by atoms with Gasteiger partial charge >= 0.3 is 0 Å². The maximum atomic E-state index is 12.5. The Balaban J connectivity index is 1.62. The summed E-state index contributed by atoms with van der Waals surface area (Å²) in [6, 6.07) is 0. The average molecular weight is 312 g/mol. The number of ether oxygens (including phenoxy) is 1. The zero-order chi connectivity index (χ0) is 14.0. The van der Waals surface area contributed by atoms with E-state index in [4.69, 9.17) is 10.5 Å². The summed E-state index contributed by atoms with van der Waals surface area (Å²) in [5.41, 5.74) is 6.41. The maximum absolute atomic E-state index is 12.5. The Morgan fingerprint density at radius 2 is 2.30 bits per heavy atom. The topological polar surface area (TPSA) is 65.2 Å². The standard InChI is InChI=1S/C14H20N2O2S2/c15-13-16-11(9-20-13)7-12(17)10-1-4-18-14(8-10)2-5-19-6-3-14/h9-10H,1-8H2,(H2,15,16). The number of hydrogen-bond acceptors (Lipinski definition) is 6. The molecule has 110 valence electrons. The van der Waals surface area contributed by atoms with Crippen LogP contribution in [0.4, 0.5) is 5.13 Å². The van der Waals surface area contributed by atoms with Crippen LogP contribution in [0, 0.1) is 5.92 Å². The smallest absolute Gasteiger partial charge is 0.180 e.